The van der Waals surface area contributed by atoms with Crippen molar-refractivity contribution in [1.82, 2.24) is 10.3 Å². The van der Waals surface area contributed by atoms with Crippen molar-refractivity contribution in [2.45, 2.75) is 11.4 Å². The second kappa shape index (κ2) is 4.91. The van der Waals surface area contributed by atoms with Crippen molar-refractivity contribution >= 4 is 9.84 Å². The molecule has 0 unspecified atom stereocenters. The van der Waals surface area contributed by atoms with E-state index in [1.807, 2.05) is 0 Å². The summed E-state index contributed by atoms with van der Waals surface area (Å²) >= 11 is 0. The molecule has 0 aliphatic heterocycles. The Kier molecular flexibility index (Phi) is 3.49. The average Bonchev–Trinajstić information content (AvgIpc) is 2.77. The van der Waals surface area contributed by atoms with Gasteiger partial charge in [0.15, 0.2) is 15.6 Å². The molecule has 1 aromatic heterocycles. The van der Waals surface area contributed by atoms with Gasteiger partial charge in [-0.25, -0.2) is 13.4 Å². The lowest BCUT2D eigenvalue weighted by molar-refractivity contribution is 0.491. The van der Waals surface area contributed by atoms with Gasteiger partial charge in [0.2, 0.25) is 5.89 Å². The van der Waals surface area contributed by atoms with E-state index < -0.39 is 9.84 Å². The van der Waals surface area contributed by atoms with E-state index in [1.165, 1.54) is 6.26 Å². The number of sulfone groups is 1. The maximum Gasteiger partial charge on any atom is 0.208 e. The van der Waals surface area contributed by atoms with Crippen LogP contribution in [0.15, 0.2) is 39.8 Å². The van der Waals surface area contributed by atoms with E-state index in [1.54, 1.807) is 37.5 Å². The molecule has 0 aliphatic carbocycles. The predicted octanol–water partition coefficient (Wildman–Crippen LogP) is 1.46. The van der Waals surface area contributed by atoms with E-state index in [2.05, 4.69) is 10.3 Å². The van der Waals surface area contributed by atoms with Crippen molar-refractivity contribution in [1.29, 1.82) is 0 Å². The number of oxazole rings is 1. The van der Waals surface area contributed by atoms with E-state index >= 15 is 0 Å². The minimum Gasteiger partial charge on any atom is -0.439 e. The van der Waals surface area contributed by atoms with E-state index in [9.17, 15) is 8.42 Å². The molecule has 2 aromatic rings. The highest BCUT2D eigenvalue weighted by Crippen LogP contribution is 2.23. The normalized spacial score (nSPS) is 11.7. The van der Waals surface area contributed by atoms with Crippen LogP contribution in [0.5, 0.6) is 0 Å². The maximum atomic E-state index is 11.5. The second-order valence-electron chi connectivity index (χ2n) is 3.95. The summed E-state index contributed by atoms with van der Waals surface area (Å²) in [6.07, 6.45) is 2.77. The van der Waals surface area contributed by atoms with Crippen molar-refractivity contribution in [3.05, 3.63) is 36.4 Å². The maximum absolute atomic E-state index is 11.5. The third kappa shape index (κ3) is 2.77. The molecular formula is C12H14N2O3S. The number of hydrogen-bond donors (Lipinski definition) is 1. The number of nitrogens with one attached hydrogen (secondary N) is 1. The smallest absolute Gasteiger partial charge is 0.208 e. The van der Waals surface area contributed by atoms with Crippen LogP contribution >= 0.6 is 0 Å². The minimum absolute atomic E-state index is 0.270. The minimum atomic E-state index is -3.21. The Balaban J connectivity index is 2.38. The van der Waals surface area contributed by atoms with Gasteiger partial charge in [-0.15, -0.1) is 0 Å². The van der Waals surface area contributed by atoms with Crippen molar-refractivity contribution in [2.24, 2.45) is 0 Å². The van der Waals surface area contributed by atoms with Gasteiger partial charge >= 0.3 is 0 Å². The van der Waals surface area contributed by atoms with Gasteiger partial charge in [-0.2, -0.15) is 0 Å². The molecule has 5 nitrogen and oxygen atoms in total. The van der Waals surface area contributed by atoms with E-state index in [0.717, 1.165) is 0 Å². The van der Waals surface area contributed by atoms with Crippen LogP contribution in [-0.4, -0.2) is 26.7 Å². The summed E-state index contributed by atoms with van der Waals surface area (Å²) in [7, 11) is -1.41. The van der Waals surface area contributed by atoms with Crippen LogP contribution in [0.1, 0.15) is 5.89 Å². The number of rotatable bonds is 4. The SMILES string of the molecule is CNCc1ncc(-c2cccc(S(C)(=O)=O)c2)o1. The molecule has 0 fully saturated rings. The molecule has 0 amide bonds. The number of aromatic nitrogens is 1. The molecule has 0 saturated carbocycles. The molecule has 0 bridgehead atoms. The Morgan fingerprint density at radius 1 is 1.39 bits per heavy atom. The average molecular weight is 266 g/mol. The van der Waals surface area contributed by atoms with Gasteiger partial charge in [-0.3, -0.25) is 0 Å². The summed E-state index contributed by atoms with van der Waals surface area (Å²) < 4.78 is 28.4. The van der Waals surface area contributed by atoms with Crippen LogP contribution in [0.3, 0.4) is 0 Å². The van der Waals surface area contributed by atoms with Gasteiger partial charge in [0.1, 0.15) is 0 Å². The topological polar surface area (TPSA) is 72.2 Å². The molecule has 18 heavy (non-hydrogen) atoms. The first-order chi connectivity index (χ1) is 8.50. The first kappa shape index (κ1) is 12.8. The zero-order chi connectivity index (χ0) is 13.2. The van der Waals surface area contributed by atoms with Crippen LogP contribution in [0.25, 0.3) is 11.3 Å². The summed E-state index contributed by atoms with van der Waals surface area (Å²) in [5.74, 6) is 1.13. The van der Waals surface area contributed by atoms with Crippen LogP contribution in [0, 0.1) is 0 Å². The zero-order valence-corrected chi connectivity index (χ0v) is 11.0. The van der Waals surface area contributed by atoms with Crippen molar-refractivity contribution in [2.75, 3.05) is 13.3 Å². The Bertz CT molecular complexity index is 647. The van der Waals surface area contributed by atoms with E-state index in [-0.39, 0.29) is 4.90 Å². The fourth-order valence-corrected chi connectivity index (χ4v) is 2.22. The summed E-state index contributed by atoms with van der Waals surface area (Å²) in [6.45, 7) is 0.533. The summed E-state index contributed by atoms with van der Waals surface area (Å²) in [5, 5.41) is 2.93. The Morgan fingerprint density at radius 3 is 2.83 bits per heavy atom. The molecule has 0 spiro atoms. The standard InChI is InChI=1S/C12H14N2O3S/c1-13-8-12-14-7-11(17-12)9-4-3-5-10(6-9)18(2,15)16/h3-7,13H,8H2,1-2H3. The Morgan fingerprint density at radius 2 is 2.17 bits per heavy atom. The number of hydrogen-bond acceptors (Lipinski definition) is 5. The molecule has 0 saturated heterocycles. The largest absolute Gasteiger partial charge is 0.439 e. The third-order valence-corrected chi connectivity index (χ3v) is 3.54. The Hall–Kier alpha value is -1.66. The highest BCUT2D eigenvalue weighted by molar-refractivity contribution is 7.90. The highest BCUT2D eigenvalue weighted by atomic mass is 32.2. The molecule has 0 atom stereocenters. The van der Waals surface area contributed by atoms with Crippen LogP contribution in [0.2, 0.25) is 0 Å². The molecule has 1 N–H and O–H groups in total. The van der Waals surface area contributed by atoms with Gasteiger partial charge in [0.25, 0.3) is 0 Å². The fraction of sp³-hybridized carbons (Fsp3) is 0.250. The number of nitrogens with zero attached hydrogens (tertiary/aromatic N) is 1. The first-order valence-corrected chi connectivity index (χ1v) is 7.29. The van der Waals surface area contributed by atoms with Gasteiger partial charge in [0.05, 0.1) is 17.6 Å². The van der Waals surface area contributed by atoms with Crippen LogP contribution in [-0.2, 0) is 16.4 Å². The second-order valence-corrected chi connectivity index (χ2v) is 5.96. The predicted molar refractivity (Wildman–Crippen MR) is 67.8 cm³/mol. The fourth-order valence-electron chi connectivity index (χ4n) is 1.56. The molecule has 6 heteroatoms. The summed E-state index contributed by atoms with van der Waals surface area (Å²) in [5.41, 5.74) is 0.702. The third-order valence-electron chi connectivity index (χ3n) is 2.43. The molecular weight excluding hydrogens is 252 g/mol. The molecule has 2 rings (SSSR count). The van der Waals surface area contributed by atoms with Gasteiger partial charge < -0.3 is 9.73 Å². The first-order valence-electron chi connectivity index (χ1n) is 5.40. The van der Waals surface area contributed by atoms with E-state index in [0.29, 0.717) is 23.8 Å². The zero-order valence-electron chi connectivity index (χ0n) is 10.2. The monoisotopic (exact) mass is 266 g/mol. The summed E-state index contributed by atoms with van der Waals surface area (Å²) in [4.78, 5) is 4.37. The van der Waals surface area contributed by atoms with Crippen molar-refractivity contribution in [3.63, 3.8) is 0 Å². The van der Waals surface area contributed by atoms with E-state index in [4.69, 9.17) is 4.42 Å². The molecule has 96 valence electrons. The lowest BCUT2D eigenvalue weighted by Crippen LogP contribution is -2.04. The molecule has 1 aromatic carbocycles. The lowest BCUT2D eigenvalue weighted by atomic mass is 10.2. The van der Waals surface area contributed by atoms with Gasteiger partial charge in [0, 0.05) is 11.8 Å². The van der Waals surface area contributed by atoms with Crippen molar-refractivity contribution < 1.29 is 12.8 Å². The highest BCUT2D eigenvalue weighted by Gasteiger charge is 2.11. The van der Waals surface area contributed by atoms with Crippen LogP contribution in [0.4, 0.5) is 0 Å². The molecule has 0 aliphatic rings. The lowest BCUT2D eigenvalue weighted by Gasteiger charge is -2.00. The quantitative estimate of drug-likeness (QED) is 0.907. The Labute approximate surface area is 106 Å². The van der Waals surface area contributed by atoms with Crippen molar-refractivity contribution in [3.8, 4) is 11.3 Å². The molecule has 1 heterocycles. The molecule has 0 radical (unpaired) electrons. The van der Waals surface area contributed by atoms with Gasteiger partial charge in [-0.05, 0) is 19.2 Å². The van der Waals surface area contributed by atoms with Gasteiger partial charge in [-0.1, -0.05) is 12.1 Å². The van der Waals surface area contributed by atoms with Crippen LogP contribution < -0.4 is 5.32 Å². The summed E-state index contributed by atoms with van der Waals surface area (Å²) in [6, 6.07) is 6.62. The number of benzene rings is 1.